The Kier molecular flexibility index (Phi) is 3.00. The lowest BCUT2D eigenvalue weighted by atomic mass is 9.81. The molecule has 0 radical (unpaired) electrons. The van der Waals surface area contributed by atoms with E-state index in [0.29, 0.717) is 5.92 Å². The van der Waals surface area contributed by atoms with Crippen LogP contribution in [-0.4, -0.2) is 34.6 Å². The van der Waals surface area contributed by atoms with E-state index < -0.39 is 11.2 Å². The highest BCUT2D eigenvalue weighted by atomic mass is 16.5. The Hall–Kier alpha value is -0.120. The summed E-state index contributed by atoms with van der Waals surface area (Å²) in [5.41, 5.74) is -0.954. The fourth-order valence-corrected chi connectivity index (χ4v) is 2.42. The van der Waals surface area contributed by atoms with Gasteiger partial charge in [-0.3, -0.25) is 0 Å². The largest absolute Gasteiger partial charge is 0.393 e. The maximum atomic E-state index is 9.19. The van der Waals surface area contributed by atoms with Crippen LogP contribution in [0.2, 0.25) is 0 Å². The maximum Gasteiger partial charge on any atom is 0.0895 e. The summed E-state index contributed by atoms with van der Waals surface area (Å²) in [5, 5.41) is 18.4. The van der Waals surface area contributed by atoms with Crippen molar-refractivity contribution in [3.05, 3.63) is 0 Å². The van der Waals surface area contributed by atoms with E-state index in [0.717, 1.165) is 12.8 Å². The summed E-state index contributed by atoms with van der Waals surface area (Å²) < 4.78 is 5.73. The van der Waals surface area contributed by atoms with E-state index in [9.17, 15) is 10.2 Å². The predicted molar refractivity (Wildman–Crippen MR) is 50.5 cm³/mol. The van der Waals surface area contributed by atoms with Crippen LogP contribution in [0.1, 0.15) is 33.6 Å². The third-order valence-corrected chi connectivity index (χ3v) is 2.72. The van der Waals surface area contributed by atoms with Crippen molar-refractivity contribution < 1.29 is 14.9 Å². The highest BCUT2D eigenvalue weighted by Gasteiger charge is 2.42. The normalized spacial score (nSPS) is 46.4. The van der Waals surface area contributed by atoms with E-state index in [2.05, 4.69) is 6.92 Å². The third kappa shape index (κ3) is 2.42. The molecule has 0 aliphatic carbocycles. The lowest BCUT2D eigenvalue weighted by Crippen LogP contribution is -2.51. The monoisotopic (exact) mass is 188 g/mol. The molecule has 2 unspecified atom stereocenters. The quantitative estimate of drug-likeness (QED) is 0.678. The van der Waals surface area contributed by atoms with E-state index >= 15 is 0 Å². The second-order valence-corrected chi connectivity index (χ2v) is 4.83. The van der Waals surface area contributed by atoms with Crippen LogP contribution in [0.4, 0.5) is 0 Å². The van der Waals surface area contributed by atoms with Gasteiger partial charge >= 0.3 is 0 Å². The van der Waals surface area contributed by atoms with Crippen molar-refractivity contribution >= 4 is 0 Å². The van der Waals surface area contributed by atoms with Crippen molar-refractivity contribution in [2.75, 3.05) is 13.2 Å². The van der Waals surface area contributed by atoms with Crippen molar-refractivity contribution in [1.29, 1.82) is 0 Å². The van der Waals surface area contributed by atoms with Crippen LogP contribution >= 0.6 is 0 Å². The van der Waals surface area contributed by atoms with E-state index in [4.69, 9.17) is 4.74 Å². The molecule has 1 aliphatic heterocycles. The number of aliphatic hydroxyl groups is 2. The molecule has 0 amide bonds. The summed E-state index contributed by atoms with van der Waals surface area (Å²) in [6, 6.07) is 0. The smallest absolute Gasteiger partial charge is 0.0895 e. The molecule has 1 aliphatic rings. The summed E-state index contributed by atoms with van der Waals surface area (Å²) >= 11 is 0. The van der Waals surface area contributed by atoms with Crippen LogP contribution in [0, 0.1) is 5.92 Å². The molecule has 1 saturated heterocycles. The van der Waals surface area contributed by atoms with Gasteiger partial charge in [0.05, 0.1) is 24.4 Å². The molecule has 0 aromatic heterocycles. The van der Waals surface area contributed by atoms with Crippen LogP contribution < -0.4 is 0 Å². The van der Waals surface area contributed by atoms with E-state index in [1.165, 1.54) is 0 Å². The minimum Gasteiger partial charge on any atom is -0.393 e. The van der Waals surface area contributed by atoms with Gasteiger partial charge in [0.25, 0.3) is 0 Å². The molecule has 2 atom stereocenters. The molecule has 13 heavy (non-hydrogen) atoms. The first-order valence-corrected chi connectivity index (χ1v) is 4.85. The van der Waals surface area contributed by atoms with Crippen molar-refractivity contribution in [3.8, 4) is 0 Å². The van der Waals surface area contributed by atoms with Gasteiger partial charge in [-0.25, -0.2) is 0 Å². The van der Waals surface area contributed by atoms with Crippen LogP contribution in [-0.2, 0) is 4.74 Å². The first-order chi connectivity index (χ1) is 5.93. The lowest BCUT2D eigenvalue weighted by Gasteiger charge is -2.46. The van der Waals surface area contributed by atoms with Gasteiger partial charge in [0.15, 0.2) is 0 Å². The van der Waals surface area contributed by atoms with Gasteiger partial charge < -0.3 is 14.9 Å². The molecule has 2 N–H and O–H groups in total. The summed E-state index contributed by atoms with van der Waals surface area (Å²) in [6.07, 6.45) is 1.72. The minimum absolute atomic E-state index is 0.0208. The van der Waals surface area contributed by atoms with E-state index in [1.54, 1.807) is 0 Å². The number of ether oxygens (including phenoxy) is 1. The maximum absolute atomic E-state index is 9.19. The van der Waals surface area contributed by atoms with Gasteiger partial charge in [0.2, 0.25) is 0 Å². The molecule has 0 spiro atoms. The molecule has 78 valence electrons. The fraction of sp³-hybridized carbons (Fsp3) is 1.00. The molecule has 1 fully saturated rings. The second-order valence-electron chi connectivity index (χ2n) is 4.83. The average Bonchev–Trinajstić information content (AvgIpc) is 2.02. The van der Waals surface area contributed by atoms with Crippen molar-refractivity contribution in [2.45, 2.75) is 44.8 Å². The zero-order chi connectivity index (χ0) is 10.1. The summed E-state index contributed by atoms with van der Waals surface area (Å²) in [6.45, 7) is 5.97. The van der Waals surface area contributed by atoms with Gasteiger partial charge in [-0.15, -0.1) is 0 Å². The third-order valence-electron chi connectivity index (χ3n) is 2.72. The SMILES string of the molecule is CC1CC(C)(CO)OC(C)(CO)C1. The first kappa shape index (κ1) is 11.0. The van der Waals surface area contributed by atoms with Crippen molar-refractivity contribution in [3.63, 3.8) is 0 Å². The Balaban J connectivity index is 2.73. The minimum atomic E-state index is -0.477. The van der Waals surface area contributed by atoms with Gasteiger partial charge in [0.1, 0.15) is 0 Å². The number of hydrogen-bond acceptors (Lipinski definition) is 3. The molecule has 3 heteroatoms. The van der Waals surface area contributed by atoms with Crippen molar-refractivity contribution in [1.82, 2.24) is 0 Å². The molecule has 0 saturated carbocycles. The molecule has 3 nitrogen and oxygen atoms in total. The van der Waals surface area contributed by atoms with Gasteiger partial charge in [0, 0.05) is 0 Å². The van der Waals surface area contributed by atoms with Crippen LogP contribution in [0.15, 0.2) is 0 Å². The number of rotatable bonds is 2. The highest BCUT2D eigenvalue weighted by Crippen LogP contribution is 2.38. The van der Waals surface area contributed by atoms with Crippen molar-refractivity contribution in [2.24, 2.45) is 5.92 Å². The molecular weight excluding hydrogens is 168 g/mol. The molecule has 0 aromatic carbocycles. The first-order valence-electron chi connectivity index (χ1n) is 4.85. The summed E-state index contributed by atoms with van der Waals surface area (Å²) in [5.74, 6) is 0.489. The van der Waals surface area contributed by atoms with Crippen LogP contribution in [0.5, 0.6) is 0 Å². The molecule has 1 heterocycles. The Morgan fingerprint density at radius 1 is 1.15 bits per heavy atom. The number of aliphatic hydroxyl groups excluding tert-OH is 2. The zero-order valence-electron chi connectivity index (χ0n) is 8.71. The Morgan fingerprint density at radius 3 is 1.85 bits per heavy atom. The lowest BCUT2D eigenvalue weighted by molar-refractivity contribution is -0.214. The summed E-state index contributed by atoms with van der Waals surface area (Å²) in [7, 11) is 0. The fourth-order valence-electron chi connectivity index (χ4n) is 2.42. The molecule has 1 rings (SSSR count). The highest BCUT2D eigenvalue weighted by molar-refractivity contribution is 4.91. The van der Waals surface area contributed by atoms with Gasteiger partial charge in [-0.05, 0) is 32.6 Å². The van der Waals surface area contributed by atoms with Gasteiger partial charge in [-0.2, -0.15) is 0 Å². The summed E-state index contributed by atoms with van der Waals surface area (Å²) in [4.78, 5) is 0. The standard InChI is InChI=1S/C10H20O3/c1-8-4-9(2,6-11)13-10(3,5-8)7-12/h8,11-12H,4-7H2,1-3H3. The van der Waals surface area contributed by atoms with E-state index in [1.807, 2.05) is 13.8 Å². The predicted octanol–water partition coefficient (Wildman–Crippen LogP) is 0.935. The number of hydrogen-bond donors (Lipinski definition) is 2. The van der Waals surface area contributed by atoms with Crippen LogP contribution in [0.3, 0.4) is 0 Å². The molecular formula is C10H20O3. The second kappa shape index (κ2) is 3.56. The Bertz CT molecular complexity index is 165. The van der Waals surface area contributed by atoms with Gasteiger partial charge in [-0.1, -0.05) is 6.92 Å². The van der Waals surface area contributed by atoms with E-state index in [-0.39, 0.29) is 13.2 Å². The zero-order valence-corrected chi connectivity index (χ0v) is 8.71. The van der Waals surface area contributed by atoms with Crippen LogP contribution in [0.25, 0.3) is 0 Å². The topological polar surface area (TPSA) is 49.7 Å². The molecule has 0 aromatic rings. The Labute approximate surface area is 79.7 Å². The molecule has 0 bridgehead atoms. The average molecular weight is 188 g/mol. The Morgan fingerprint density at radius 2 is 1.54 bits per heavy atom.